The van der Waals surface area contributed by atoms with Crippen molar-refractivity contribution in [1.82, 2.24) is 0 Å². The zero-order valence-electron chi connectivity index (χ0n) is 9.04. The molecule has 1 aromatic carbocycles. The standard InChI is InChI=1S/C12H10O5/c1-12(11(14)15)16-9(10(13)17-12)7-8-5-3-2-4-6-8/h2-7H,1H3,(H,14,15)/b9-7-/t12-/m0/s1. The van der Waals surface area contributed by atoms with Gasteiger partial charge < -0.3 is 14.6 Å². The second-order valence-electron chi connectivity index (χ2n) is 3.66. The molecule has 1 atom stereocenters. The van der Waals surface area contributed by atoms with Crippen LogP contribution in [0.2, 0.25) is 0 Å². The van der Waals surface area contributed by atoms with E-state index in [-0.39, 0.29) is 5.76 Å². The highest BCUT2D eigenvalue weighted by Crippen LogP contribution is 2.28. The molecule has 0 spiro atoms. The van der Waals surface area contributed by atoms with E-state index in [0.717, 1.165) is 5.56 Å². The summed E-state index contributed by atoms with van der Waals surface area (Å²) >= 11 is 0. The molecule has 1 aliphatic rings. The second-order valence-corrected chi connectivity index (χ2v) is 3.66. The molecule has 0 unspecified atom stereocenters. The van der Waals surface area contributed by atoms with E-state index in [1.165, 1.54) is 13.0 Å². The first-order chi connectivity index (χ1) is 8.01. The fourth-order valence-electron chi connectivity index (χ4n) is 1.38. The number of benzene rings is 1. The fraction of sp³-hybridized carbons (Fsp3) is 0.167. The van der Waals surface area contributed by atoms with Crippen molar-refractivity contribution < 1.29 is 24.2 Å². The Morgan fingerprint density at radius 2 is 1.94 bits per heavy atom. The summed E-state index contributed by atoms with van der Waals surface area (Å²) in [5.74, 6) is -4.17. The lowest BCUT2D eigenvalue weighted by molar-refractivity contribution is -0.195. The minimum atomic E-state index is -1.93. The Labute approximate surface area is 97.3 Å². The molecule has 0 saturated carbocycles. The summed E-state index contributed by atoms with van der Waals surface area (Å²) in [6, 6.07) is 8.95. The Bertz CT molecular complexity index is 491. The van der Waals surface area contributed by atoms with Crippen molar-refractivity contribution in [3.8, 4) is 0 Å². The lowest BCUT2D eigenvalue weighted by Crippen LogP contribution is -2.36. The maximum Gasteiger partial charge on any atom is 0.390 e. The fourth-order valence-corrected chi connectivity index (χ4v) is 1.38. The maximum absolute atomic E-state index is 11.4. The lowest BCUT2D eigenvalue weighted by Gasteiger charge is -2.14. The molecule has 1 aliphatic heterocycles. The zero-order chi connectivity index (χ0) is 12.5. The molecule has 0 amide bonds. The topological polar surface area (TPSA) is 72.8 Å². The van der Waals surface area contributed by atoms with Gasteiger partial charge in [-0.3, -0.25) is 0 Å². The van der Waals surface area contributed by atoms with Crippen molar-refractivity contribution in [2.75, 3.05) is 0 Å². The Morgan fingerprint density at radius 1 is 1.29 bits per heavy atom. The summed E-state index contributed by atoms with van der Waals surface area (Å²) in [6.45, 7) is 1.18. The maximum atomic E-state index is 11.4. The van der Waals surface area contributed by atoms with Gasteiger partial charge >= 0.3 is 17.7 Å². The summed E-state index contributed by atoms with van der Waals surface area (Å²) in [7, 11) is 0. The van der Waals surface area contributed by atoms with Gasteiger partial charge in [0.15, 0.2) is 0 Å². The van der Waals surface area contributed by atoms with E-state index < -0.39 is 17.7 Å². The average Bonchev–Trinajstić information content (AvgIpc) is 2.57. The Kier molecular flexibility index (Phi) is 2.59. The zero-order valence-corrected chi connectivity index (χ0v) is 9.04. The lowest BCUT2D eigenvalue weighted by atomic mass is 10.2. The number of carboxylic acid groups (broad SMARTS) is 1. The first kappa shape index (κ1) is 11.2. The second kappa shape index (κ2) is 3.93. The molecular weight excluding hydrogens is 224 g/mol. The molecule has 0 aromatic heterocycles. The van der Waals surface area contributed by atoms with E-state index in [0.29, 0.717) is 0 Å². The van der Waals surface area contributed by atoms with E-state index in [4.69, 9.17) is 9.84 Å². The molecule has 0 bridgehead atoms. The van der Waals surface area contributed by atoms with E-state index in [1.807, 2.05) is 6.07 Å². The van der Waals surface area contributed by atoms with Gasteiger partial charge in [0.25, 0.3) is 0 Å². The molecule has 0 aliphatic carbocycles. The minimum absolute atomic E-state index is 0.110. The van der Waals surface area contributed by atoms with Gasteiger partial charge in [0.1, 0.15) is 0 Å². The van der Waals surface area contributed by atoms with Crippen LogP contribution in [0.1, 0.15) is 12.5 Å². The van der Waals surface area contributed by atoms with Crippen LogP contribution in [0.5, 0.6) is 0 Å². The molecule has 1 aromatic rings. The predicted molar refractivity (Wildman–Crippen MR) is 57.6 cm³/mol. The summed E-state index contributed by atoms with van der Waals surface area (Å²) in [5, 5.41) is 8.84. The third-order valence-electron chi connectivity index (χ3n) is 2.28. The number of rotatable bonds is 2. The average molecular weight is 234 g/mol. The highest BCUT2D eigenvalue weighted by molar-refractivity contribution is 5.96. The smallest absolute Gasteiger partial charge is 0.390 e. The highest BCUT2D eigenvalue weighted by Gasteiger charge is 2.48. The van der Waals surface area contributed by atoms with Gasteiger partial charge in [-0.25, -0.2) is 9.59 Å². The van der Waals surface area contributed by atoms with Gasteiger partial charge in [0.2, 0.25) is 5.76 Å². The van der Waals surface area contributed by atoms with Gasteiger partial charge in [-0.05, 0) is 11.6 Å². The largest absolute Gasteiger partial charge is 0.475 e. The van der Waals surface area contributed by atoms with Gasteiger partial charge in [0.05, 0.1) is 0 Å². The molecule has 1 saturated heterocycles. The summed E-state index contributed by atoms with van der Waals surface area (Å²) in [4.78, 5) is 22.3. The van der Waals surface area contributed by atoms with Crippen molar-refractivity contribution >= 4 is 18.0 Å². The van der Waals surface area contributed by atoms with E-state index in [1.54, 1.807) is 24.3 Å². The third kappa shape index (κ3) is 2.13. The van der Waals surface area contributed by atoms with E-state index in [2.05, 4.69) is 4.74 Å². The summed E-state index contributed by atoms with van der Waals surface area (Å²) in [6.07, 6.45) is 1.44. The molecule has 5 nitrogen and oxygen atoms in total. The van der Waals surface area contributed by atoms with Gasteiger partial charge in [0, 0.05) is 6.92 Å². The van der Waals surface area contributed by atoms with Crippen molar-refractivity contribution in [1.29, 1.82) is 0 Å². The predicted octanol–water partition coefficient (Wildman–Crippen LogP) is 1.40. The highest BCUT2D eigenvalue weighted by atomic mass is 16.8. The first-order valence-corrected chi connectivity index (χ1v) is 4.94. The Morgan fingerprint density at radius 3 is 2.47 bits per heavy atom. The number of ether oxygens (including phenoxy) is 2. The van der Waals surface area contributed by atoms with Crippen LogP contribution in [-0.2, 0) is 19.1 Å². The monoisotopic (exact) mass is 234 g/mol. The first-order valence-electron chi connectivity index (χ1n) is 4.94. The van der Waals surface area contributed by atoms with Crippen molar-refractivity contribution in [3.63, 3.8) is 0 Å². The van der Waals surface area contributed by atoms with Crippen molar-refractivity contribution in [3.05, 3.63) is 41.7 Å². The summed E-state index contributed by atoms with van der Waals surface area (Å²) < 4.78 is 9.68. The number of cyclic esters (lactones) is 1. The van der Waals surface area contributed by atoms with Gasteiger partial charge in [-0.2, -0.15) is 0 Å². The normalized spacial score (nSPS) is 25.5. The molecule has 17 heavy (non-hydrogen) atoms. The number of carboxylic acids is 1. The summed E-state index contributed by atoms with van der Waals surface area (Å²) in [5.41, 5.74) is 0.731. The third-order valence-corrected chi connectivity index (χ3v) is 2.28. The number of aliphatic carboxylic acids is 1. The van der Waals surface area contributed by atoms with Crippen LogP contribution in [0.4, 0.5) is 0 Å². The molecule has 1 heterocycles. The number of carbonyl (C=O) groups excluding carboxylic acids is 1. The van der Waals surface area contributed by atoms with Crippen LogP contribution < -0.4 is 0 Å². The van der Waals surface area contributed by atoms with Crippen LogP contribution in [0.25, 0.3) is 6.08 Å². The van der Waals surface area contributed by atoms with Crippen LogP contribution in [-0.4, -0.2) is 22.8 Å². The molecule has 1 fully saturated rings. The molecular formula is C12H10O5. The number of esters is 1. The van der Waals surface area contributed by atoms with Crippen LogP contribution >= 0.6 is 0 Å². The number of carbonyl (C=O) groups is 2. The molecule has 2 rings (SSSR count). The minimum Gasteiger partial charge on any atom is -0.475 e. The van der Waals surface area contributed by atoms with E-state index in [9.17, 15) is 9.59 Å². The van der Waals surface area contributed by atoms with Gasteiger partial charge in [-0.1, -0.05) is 30.3 Å². The number of hydrogen-bond donors (Lipinski definition) is 1. The molecule has 88 valence electrons. The molecule has 0 radical (unpaired) electrons. The molecule has 5 heteroatoms. The van der Waals surface area contributed by atoms with Crippen molar-refractivity contribution in [2.45, 2.75) is 12.7 Å². The molecule has 1 N–H and O–H groups in total. The Hall–Kier alpha value is -2.30. The quantitative estimate of drug-likeness (QED) is 0.618. The van der Waals surface area contributed by atoms with Gasteiger partial charge in [-0.15, -0.1) is 0 Å². The Balaban J connectivity index is 2.28. The van der Waals surface area contributed by atoms with Crippen LogP contribution in [0.15, 0.2) is 36.1 Å². The van der Waals surface area contributed by atoms with Crippen LogP contribution in [0, 0.1) is 0 Å². The van der Waals surface area contributed by atoms with Crippen LogP contribution in [0.3, 0.4) is 0 Å². The SMILES string of the molecule is C[C@@]1(C(=O)O)OC(=O)/C(=C/c2ccccc2)O1. The van der Waals surface area contributed by atoms with Crippen molar-refractivity contribution in [2.24, 2.45) is 0 Å². The number of hydrogen-bond acceptors (Lipinski definition) is 4. The van der Waals surface area contributed by atoms with E-state index >= 15 is 0 Å².